The van der Waals surface area contributed by atoms with Gasteiger partial charge in [-0.05, 0) is 55.4 Å². The Labute approximate surface area is 157 Å². The standard InChI is InChI=1S/C17H21Cl2N3OS/c1-22(17(24)20-14-8-10-5-6-11(14)7-10)9-15(23)21-16-12(18)3-2-4-13(16)19/h2-4,10-11,14H,5-9H2,1H3,(H,20,24)(H,21,23)/t10-,11+,14+/m0/s1. The summed E-state index contributed by atoms with van der Waals surface area (Å²) >= 11 is 17.6. The van der Waals surface area contributed by atoms with Gasteiger partial charge < -0.3 is 15.5 Å². The smallest absolute Gasteiger partial charge is 0.244 e. The van der Waals surface area contributed by atoms with Crippen LogP contribution in [-0.4, -0.2) is 35.6 Å². The van der Waals surface area contributed by atoms with Crippen LogP contribution in [0, 0.1) is 11.8 Å². The summed E-state index contributed by atoms with van der Waals surface area (Å²) in [6.45, 7) is 0.147. The van der Waals surface area contributed by atoms with Crippen molar-refractivity contribution in [1.82, 2.24) is 10.2 Å². The largest absolute Gasteiger partial charge is 0.360 e. The van der Waals surface area contributed by atoms with Crippen LogP contribution in [0.25, 0.3) is 0 Å². The molecule has 0 spiro atoms. The SMILES string of the molecule is CN(CC(=O)Nc1c(Cl)cccc1Cl)C(=S)N[C@@H]1C[C@H]2CC[C@@H]1C2. The van der Waals surface area contributed by atoms with Crippen molar-refractivity contribution in [2.45, 2.75) is 31.7 Å². The number of hydrogen-bond acceptors (Lipinski definition) is 2. The van der Waals surface area contributed by atoms with E-state index in [1.165, 1.54) is 25.7 Å². The highest BCUT2D eigenvalue weighted by atomic mass is 35.5. The van der Waals surface area contributed by atoms with Crippen molar-refractivity contribution in [3.8, 4) is 0 Å². The number of amides is 1. The molecular formula is C17H21Cl2N3OS. The van der Waals surface area contributed by atoms with Gasteiger partial charge in [0.15, 0.2) is 5.11 Å². The van der Waals surface area contributed by atoms with Gasteiger partial charge in [0.05, 0.1) is 22.3 Å². The fraction of sp³-hybridized carbons (Fsp3) is 0.529. The van der Waals surface area contributed by atoms with Crippen LogP contribution in [0.4, 0.5) is 5.69 Å². The van der Waals surface area contributed by atoms with Gasteiger partial charge in [0.25, 0.3) is 0 Å². The van der Waals surface area contributed by atoms with Crippen LogP contribution < -0.4 is 10.6 Å². The Morgan fingerprint density at radius 2 is 2.00 bits per heavy atom. The van der Waals surface area contributed by atoms with Crippen molar-refractivity contribution in [3.05, 3.63) is 28.2 Å². The van der Waals surface area contributed by atoms with Crippen molar-refractivity contribution in [2.75, 3.05) is 18.9 Å². The van der Waals surface area contributed by atoms with Crippen molar-refractivity contribution >= 4 is 52.1 Å². The molecule has 1 aromatic carbocycles. The second-order valence-electron chi connectivity index (χ2n) is 6.73. The van der Waals surface area contributed by atoms with E-state index in [1.807, 2.05) is 7.05 Å². The number of halogens is 2. The van der Waals surface area contributed by atoms with E-state index in [1.54, 1.807) is 23.1 Å². The summed E-state index contributed by atoms with van der Waals surface area (Å²) in [5.74, 6) is 1.38. The minimum Gasteiger partial charge on any atom is -0.360 e. The molecule has 7 heteroatoms. The molecule has 2 bridgehead atoms. The van der Waals surface area contributed by atoms with Gasteiger partial charge in [-0.25, -0.2) is 0 Å². The molecule has 2 saturated carbocycles. The predicted molar refractivity (Wildman–Crippen MR) is 103 cm³/mol. The number of thiocarbonyl (C=S) groups is 1. The minimum absolute atomic E-state index is 0.147. The van der Waals surface area contributed by atoms with Crippen LogP contribution in [0.5, 0.6) is 0 Å². The van der Waals surface area contributed by atoms with E-state index in [-0.39, 0.29) is 12.5 Å². The molecule has 0 aliphatic heterocycles. The highest BCUT2D eigenvalue weighted by Crippen LogP contribution is 2.44. The number of rotatable bonds is 4. The first kappa shape index (κ1) is 17.8. The van der Waals surface area contributed by atoms with E-state index < -0.39 is 0 Å². The number of benzene rings is 1. The van der Waals surface area contributed by atoms with Crippen LogP contribution >= 0.6 is 35.4 Å². The monoisotopic (exact) mass is 385 g/mol. The van der Waals surface area contributed by atoms with Gasteiger partial charge >= 0.3 is 0 Å². The molecule has 0 saturated heterocycles. The molecule has 0 unspecified atom stereocenters. The molecule has 2 aliphatic carbocycles. The number of carbonyl (C=O) groups excluding carboxylic acids is 1. The third-order valence-corrected chi connectivity index (χ3v) is 6.06. The maximum absolute atomic E-state index is 12.2. The molecular weight excluding hydrogens is 365 g/mol. The number of nitrogens with zero attached hydrogens (tertiary/aromatic N) is 1. The van der Waals surface area contributed by atoms with Gasteiger partial charge in [0.2, 0.25) is 5.91 Å². The fourth-order valence-corrected chi connectivity index (χ4v) is 4.48. The molecule has 0 aromatic heterocycles. The highest BCUT2D eigenvalue weighted by Gasteiger charge is 2.39. The van der Waals surface area contributed by atoms with Crippen molar-refractivity contribution in [2.24, 2.45) is 11.8 Å². The van der Waals surface area contributed by atoms with Gasteiger partial charge in [-0.2, -0.15) is 0 Å². The molecule has 3 rings (SSSR count). The van der Waals surface area contributed by atoms with Gasteiger partial charge in [-0.1, -0.05) is 35.7 Å². The Kier molecular flexibility index (Phi) is 5.52. The normalized spacial score (nSPS) is 24.7. The molecule has 24 heavy (non-hydrogen) atoms. The lowest BCUT2D eigenvalue weighted by Crippen LogP contribution is -2.47. The lowest BCUT2D eigenvalue weighted by atomic mass is 9.95. The molecule has 2 aliphatic rings. The number of carbonyl (C=O) groups is 1. The molecule has 0 heterocycles. The quantitative estimate of drug-likeness (QED) is 0.770. The second kappa shape index (κ2) is 7.46. The van der Waals surface area contributed by atoms with Crippen molar-refractivity contribution in [1.29, 1.82) is 0 Å². The zero-order valence-corrected chi connectivity index (χ0v) is 15.8. The van der Waals surface area contributed by atoms with E-state index in [4.69, 9.17) is 35.4 Å². The molecule has 4 nitrogen and oxygen atoms in total. The van der Waals surface area contributed by atoms with E-state index in [9.17, 15) is 4.79 Å². The van der Waals surface area contributed by atoms with E-state index in [0.717, 1.165) is 11.8 Å². The lowest BCUT2D eigenvalue weighted by Gasteiger charge is -2.28. The first-order valence-electron chi connectivity index (χ1n) is 8.19. The molecule has 0 radical (unpaired) electrons. The van der Waals surface area contributed by atoms with E-state index >= 15 is 0 Å². The first-order valence-corrected chi connectivity index (χ1v) is 9.36. The number of hydrogen-bond donors (Lipinski definition) is 2. The average molecular weight is 386 g/mol. The summed E-state index contributed by atoms with van der Waals surface area (Å²) in [7, 11) is 1.82. The summed E-state index contributed by atoms with van der Waals surface area (Å²) < 4.78 is 0. The maximum Gasteiger partial charge on any atom is 0.244 e. The lowest BCUT2D eigenvalue weighted by molar-refractivity contribution is -0.116. The molecule has 130 valence electrons. The fourth-order valence-electron chi connectivity index (χ4n) is 3.77. The Bertz CT molecular complexity index is 634. The third kappa shape index (κ3) is 3.95. The zero-order chi connectivity index (χ0) is 17.3. The molecule has 3 atom stereocenters. The van der Waals surface area contributed by atoms with Crippen molar-refractivity contribution < 1.29 is 4.79 Å². The Balaban J connectivity index is 1.51. The van der Waals surface area contributed by atoms with E-state index in [0.29, 0.717) is 26.9 Å². The molecule has 1 aromatic rings. The summed E-state index contributed by atoms with van der Waals surface area (Å²) in [4.78, 5) is 14.0. The van der Waals surface area contributed by atoms with Gasteiger partial charge in [0.1, 0.15) is 0 Å². The maximum atomic E-state index is 12.2. The number of nitrogens with one attached hydrogen (secondary N) is 2. The summed E-state index contributed by atoms with van der Waals surface area (Å²) in [5.41, 5.74) is 0.436. The van der Waals surface area contributed by atoms with Crippen molar-refractivity contribution in [3.63, 3.8) is 0 Å². The van der Waals surface area contributed by atoms with Crippen LogP contribution in [0.1, 0.15) is 25.7 Å². The molecule has 1 amide bonds. The summed E-state index contributed by atoms with van der Waals surface area (Å²) in [6.07, 6.45) is 5.15. The van der Waals surface area contributed by atoms with Crippen LogP contribution in [0.15, 0.2) is 18.2 Å². The van der Waals surface area contributed by atoms with Crippen LogP contribution in [0.3, 0.4) is 0 Å². The van der Waals surface area contributed by atoms with Gasteiger partial charge in [-0.3, -0.25) is 4.79 Å². The molecule has 2 N–H and O–H groups in total. The van der Waals surface area contributed by atoms with Crippen LogP contribution in [-0.2, 0) is 4.79 Å². The summed E-state index contributed by atoms with van der Waals surface area (Å²) in [6, 6.07) is 5.57. The topological polar surface area (TPSA) is 44.4 Å². The Morgan fingerprint density at radius 1 is 1.29 bits per heavy atom. The third-order valence-electron chi connectivity index (χ3n) is 5.00. The van der Waals surface area contributed by atoms with Crippen LogP contribution in [0.2, 0.25) is 10.0 Å². The Hall–Kier alpha value is -1.04. The highest BCUT2D eigenvalue weighted by molar-refractivity contribution is 7.80. The van der Waals surface area contributed by atoms with Gasteiger partial charge in [0, 0.05) is 13.1 Å². The average Bonchev–Trinajstić information content (AvgIpc) is 3.13. The summed E-state index contributed by atoms with van der Waals surface area (Å²) in [5, 5.41) is 7.63. The minimum atomic E-state index is -0.204. The zero-order valence-electron chi connectivity index (χ0n) is 13.5. The van der Waals surface area contributed by atoms with E-state index in [2.05, 4.69) is 10.6 Å². The number of fused-ring (bicyclic) bond motifs is 2. The molecule has 2 fully saturated rings. The first-order chi connectivity index (χ1) is 11.4. The predicted octanol–water partition coefficient (Wildman–Crippen LogP) is 3.93. The van der Waals surface area contributed by atoms with Gasteiger partial charge in [-0.15, -0.1) is 0 Å². The second-order valence-corrected chi connectivity index (χ2v) is 7.93. The Morgan fingerprint density at radius 3 is 2.58 bits per heavy atom. The number of likely N-dealkylation sites (N-methyl/N-ethyl adjacent to an activating group) is 1. The number of anilines is 1. The number of para-hydroxylation sites is 1.